The van der Waals surface area contributed by atoms with Gasteiger partial charge in [0.25, 0.3) is 0 Å². The molecular formula is C12H13N3S. The van der Waals surface area contributed by atoms with E-state index in [-0.39, 0.29) is 0 Å². The van der Waals surface area contributed by atoms with Crippen molar-refractivity contribution in [3.05, 3.63) is 28.8 Å². The van der Waals surface area contributed by atoms with Gasteiger partial charge in [0.2, 0.25) is 0 Å². The van der Waals surface area contributed by atoms with E-state index in [4.69, 9.17) is 5.73 Å². The Balaban J connectivity index is 2.10. The minimum Gasteiger partial charge on any atom is -0.384 e. The standard InChI is InChI=1S/C12H13N3S/c1-7-4-5-16-11(7)12-14-9(8-2-3-8)6-10(13)15-12/h4-6,8H,2-3H2,1H3,(H2,13,14,15). The van der Waals surface area contributed by atoms with Crippen molar-refractivity contribution in [1.29, 1.82) is 0 Å². The highest BCUT2D eigenvalue weighted by Crippen LogP contribution is 2.40. The molecule has 3 rings (SSSR count). The van der Waals surface area contributed by atoms with Crippen molar-refractivity contribution < 1.29 is 0 Å². The number of nitrogens with two attached hydrogens (primary N) is 1. The smallest absolute Gasteiger partial charge is 0.172 e. The topological polar surface area (TPSA) is 51.8 Å². The summed E-state index contributed by atoms with van der Waals surface area (Å²) in [7, 11) is 0. The lowest BCUT2D eigenvalue weighted by Crippen LogP contribution is -1.99. The molecular weight excluding hydrogens is 218 g/mol. The van der Waals surface area contributed by atoms with E-state index in [9.17, 15) is 0 Å². The monoisotopic (exact) mass is 231 g/mol. The first-order chi connectivity index (χ1) is 7.74. The summed E-state index contributed by atoms with van der Waals surface area (Å²) in [5, 5.41) is 2.06. The predicted octanol–water partition coefficient (Wildman–Crippen LogP) is 2.97. The molecule has 1 saturated carbocycles. The number of hydrogen-bond donors (Lipinski definition) is 1. The average Bonchev–Trinajstić information content (AvgIpc) is 3.01. The highest BCUT2D eigenvalue weighted by molar-refractivity contribution is 7.13. The zero-order valence-electron chi connectivity index (χ0n) is 9.10. The van der Waals surface area contributed by atoms with Gasteiger partial charge in [0.15, 0.2) is 5.82 Å². The molecule has 0 radical (unpaired) electrons. The van der Waals surface area contributed by atoms with E-state index in [2.05, 4.69) is 28.3 Å². The number of rotatable bonds is 2. The Bertz CT molecular complexity index is 529. The second kappa shape index (κ2) is 3.56. The maximum Gasteiger partial charge on any atom is 0.172 e. The van der Waals surface area contributed by atoms with Crippen LogP contribution in [0.15, 0.2) is 17.5 Å². The summed E-state index contributed by atoms with van der Waals surface area (Å²) in [6, 6.07) is 3.99. The number of nitrogens with zero attached hydrogens (tertiary/aromatic N) is 2. The molecule has 2 heterocycles. The highest BCUT2D eigenvalue weighted by atomic mass is 32.1. The molecule has 16 heavy (non-hydrogen) atoms. The van der Waals surface area contributed by atoms with Crippen LogP contribution in [0.2, 0.25) is 0 Å². The van der Waals surface area contributed by atoms with Gasteiger partial charge in [-0.25, -0.2) is 9.97 Å². The van der Waals surface area contributed by atoms with Crippen LogP contribution in [-0.4, -0.2) is 9.97 Å². The van der Waals surface area contributed by atoms with Gasteiger partial charge in [-0.3, -0.25) is 0 Å². The van der Waals surface area contributed by atoms with Crippen LogP contribution in [-0.2, 0) is 0 Å². The molecule has 0 aromatic carbocycles. The highest BCUT2D eigenvalue weighted by Gasteiger charge is 2.26. The van der Waals surface area contributed by atoms with Crippen LogP contribution in [0.4, 0.5) is 5.82 Å². The maximum atomic E-state index is 5.83. The Kier molecular flexibility index (Phi) is 2.17. The van der Waals surface area contributed by atoms with E-state index in [0.29, 0.717) is 11.7 Å². The van der Waals surface area contributed by atoms with E-state index in [1.165, 1.54) is 18.4 Å². The van der Waals surface area contributed by atoms with Crippen LogP contribution in [0.25, 0.3) is 10.7 Å². The van der Waals surface area contributed by atoms with Crippen molar-refractivity contribution in [3.8, 4) is 10.7 Å². The van der Waals surface area contributed by atoms with Gasteiger partial charge in [-0.15, -0.1) is 11.3 Å². The van der Waals surface area contributed by atoms with Crippen molar-refractivity contribution in [2.75, 3.05) is 5.73 Å². The number of nitrogen functional groups attached to an aromatic ring is 1. The Morgan fingerprint density at radius 2 is 2.19 bits per heavy atom. The molecule has 2 N–H and O–H groups in total. The number of aromatic nitrogens is 2. The molecule has 1 aliphatic rings. The van der Waals surface area contributed by atoms with E-state index < -0.39 is 0 Å². The normalized spacial score (nSPS) is 15.3. The molecule has 82 valence electrons. The van der Waals surface area contributed by atoms with E-state index >= 15 is 0 Å². The van der Waals surface area contributed by atoms with Crippen molar-refractivity contribution in [1.82, 2.24) is 9.97 Å². The largest absolute Gasteiger partial charge is 0.384 e. The summed E-state index contributed by atoms with van der Waals surface area (Å²) in [6.07, 6.45) is 2.47. The summed E-state index contributed by atoms with van der Waals surface area (Å²) in [5.74, 6) is 1.98. The third kappa shape index (κ3) is 1.69. The Morgan fingerprint density at radius 1 is 1.38 bits per heavy atom. The summed E-state index contributed by atoms with van der Waals surface area (Å²) < 4.78 is 0. The van der Waals surface area contributed by atoms with Crippen LogP contribution in [0.1, 0.15) is 30.0 Å². The van der Waals surface area contributed by atoms with E-state index in [0.717, 1.165) is 16.4 Å². The molecule has 0 aliphatic heterocycles. The van der Waals surface area contributed by atoms with Crippen LogP contribution >= 0.6 is 11.3 Å². The Labute approximate surface area is 98.4 Å². The van der Waals surface area contributed by atoms with Crippen LogP contribution in [0.5, 0.6) is 0 Å². The average molecular weight is 231 g/mol. The zero-order valence-corrected chi connectivity index (χ0v) is 9.92. The van der Waals surface area contributed by atoms with Gasteiger partial charge in [-0.05, 0) is 36.8 Å². The number of hydrogen-bond acceptors (Lipinski definition) is 4. The molecule has 0 atom stereocenters. The third-order valence-electron chi connectivity index (χ3n) is 2.83. The Morgan fingerprint density at radius 3 is 2.81 bits per heavy atom. The van der Waals surface area contributed by atoms with Crippen LogP contribution in [0, 0.1) is 6.92 Å². The lowest BCUT2D eigenvalue weighted by Gasteiger charge is -2.04. The van der Waals surface area contributed by atoms with Gasteiger partial charge >= 0.3 is 0 Å². The number of thiophene rings is 1. The molecule has 0 saturated heterocycles. The first-order valence-corrected chi connectivity index (χ1v) is 6.31. The number of anilines is 1. The van der Waals surface area contributed by atoms with Crippen molar-refractivity contribution in [3.63, 3.8) is 0 Å². The van der Waals surface area contributed by atoms with Gasteiger partial charge in [0.1, 0.15) is 5.82 Å². The van der Waals surface area contributed by atoms with Crippen LogP contribution in [0.3, 0.4) is 0 Å². The predicted molar refractivity (Wildman–Crippen MR) is 66.5 cm³/mol. The SMILES string of the molecule is Cc1ccsc1-c1nc(N)cc(C2CC2)n1. The molecule has 1 aliphatic carbocycles. The fourth-order valence-corrected chi connectivity index (χ4v) is 2.64. The quantitative estimate of drug-likeness (QED) is 0.864. The van der Waals surface area contributed by atoms with Gasteiger partial charge in [-0.2, -0.15) is 0 Å². The van der Waals surface area contributed by atoms with Gasteiger partial charge in [-0.1, -0.05) is 0 Å². The molecule has 2 aromatic heterocycles. The summed E-state index contributed by atoms with van der Waals surface area (Å²) in [5.41, 5.74) is 8.16. The van der Waals surface area contributed by atoms with Gasteiger partial charge in [0.05, 0.1) is 4.88 Å². The fourth-order valence-electron chi connectivity index (χ4n) is 1.78. The van der Waals surface area contributed by atoms with Gasteiger partial charge < -0.3 is 5.73 Å². The second-order valence-corrected chi connectivity index (χ2v) is 5.16. The van der Waals surface area contributed by atoms with Gasteiger partial charge in [0, 0.05) is 17.7 Å². The Hall–Kier alpha value is -1.42. The fraction of sp³-hybridized carbons (Fsp3) is 0.333. The van der Waals surface area contributed by atoms with E-state index in [1.807, 2.05) is 6.07 Å². The summed E-state index contributed by atoms with van der Waals surface area (Å²) in [4.78, 5) is 10.1. The van der Waals surface area contributed by atoms with E-state index in [1.54, 1.807) is 11.3 Å². The molecule has 0 unspecified atom stereocenters. The minimum absolute atomic E-state index is 0.583. The lowest BCUT2D eigenvalue weighted by atomic mass is 10.2. The molecule has 4 heteroatoms. The molecule has 0 bridgehead atoms. The number of aryl methyl sites for hydroxylation is 1. The molecule has 3 nitrogen and oxygen atoms in total. The first-order valence-electron chi connectivity index (χ1n) is 5.43. The minimum atomic E-state index is 0.583. The van der Waals surface area contributed by atoms with Crippen molar-refractivity contribution in [2.45, 2.75) is 25.7 Å². The zero-order chi connectivity index (χ0) is 11.1. The summed E-state index contributed by atoms with van der Waals surface area (Å²) >= 11 is 1.67. The van der Waals surface area contributed by atoms with Crippen molar-refractivity contribution >= 4 is 17.2 Å². The molecule has 0 amide bonds. The first kappa shape index (κ1) is 9.78. The third-order valence-corrected chi connectivity index (χ3v) is 3.84. The maximum absolute atomic E-state index is 5.83. The van der Waals surface area contributed by atoms with Crippen molar-refractivity contribution in [2.24, 2.45) is 0 Å². The lowest BCUT2D eigenvalue weighted by molar-refractivity contribution is 1.000. The molecule has 1 fully saturated rings. The molecule has 2 aromatic rings. The molecule has 0 spiro atoms. The van der Waals surface area contributed by atoms with Crippen LogP contribution < -0.4 is 5.73 Å². The summed E-state index contributed by atoms with van der Waals surface area (Å²) in [6.45, 7) is 2.08. The second-order valence-electron chi connectivity index (χ2n) is 4.25.